The molecule has 146 valence electrons. The molecule has 0 saturated carbocycles. The van der Waals surface area contributed by atoms with E-state index in [4.69, 9.17) is 4.74 Å². The molecule has 2 aromatic rings. The van der Waals surface area contributed by atoms with E-state index < -0.39 is 10.0 Å². The molecule has 0 radical (unpaired) electrons. The van der Waals surface area contributed by atoms with Crippen LogP contribution in [0.15, 0.2) is 53.4 Å². The molecule has 0 fully saturated rings. The Morgan fingerprint density at radius 2 is 1.74 bits per heavy atom. The predicted molar refractivity (Wildman–Crippen MR) is 107 cm³/mol. The summed E-state index contributed by atoms with van der Waals surface area (Å²) in [7, 11) is -2.26. The van der Waals surface area contributed by atoms with Crippen LogP contribution < -0.4 is 10.0 Å². The standard InChI is InChI=1S/C20H26N2O4S/c1-20(2,3)16-8-10-17(11-9-16)22-27(24,25)18-7-5-6-15(14-18)19(23)21-12-13-26-4/h5-11,14,22H,12-13H2,1-4H3,(H,21,23). The van der Waals surface area contributed by atoms with E-state index in [1.165, 1.54) is 12.1 Å². The Morgan fingerprint density at radius 3 is 2.33 bits per heavy atom. The second-order valence-corrected chi connectivity index (χ2v) is 8.89. The van der Waals surface area contributed by atoms with Crippen LogP contribution in [0.3, 0.4) is 0 Å². The molecule has 1 amide bonds. The molecule has 0 unspecified atom stereocenters. The molecule has 2 N–H and O–H groups in total. The predicted octanol–water partition coefficient (Wildman–Crippen LogP) is 3.16. The minimum absolute atomic E-state index is 0.0120. The van der Waals surface area contributed by atoms with E-state index in [9.17, 15) is 13.2 Å². The van der Waals surface area contributed by atoms with Crippen LogP contribution in [-0.2, 0) is 20.2 Å². The zero-order valence-corrected chi connectivity index (χ0v) is 16.9. The maximum atomic E-state index is 12.7. The fraction of sp³-hybridized carbons (Fsp3) is 0.350. The third-order valence-corrected chi connectivity index (χ3v) is 5.38. The van der Waals surface area contributed by atoms with E-state index in [1.54, 1.807) is 31.4 Å². The average Bonchev–Trinajstić information content (AvgIpc) is 2.61. The summed E-state index contributed by atoms with van der Waals surface area (Å²) < 4.78 is 32.7. The molecule has 7 heteroatoms. The summed E-state index contributed by atoms with van der Waals surface area (Å²) in [5.74, 6) is -0.348. The lowest BCUT2D eigenvalue weighted by molar-refractivity contribution is 0.0937. The van der Waals surface area contributed by atoms with E-state index in [-0.39, 0.29) is 21.8 Å². The number of nitrogens with one attached hydrogen (secondary N) is 2. The Hall–Kier alpha value is -2.38. The van der Waals surface area contributed by atoms with E-state index in [2.05, 4.69) is 30.8 Å². The van der Waals surface area contributed by atoms with Crippen LogP contribution in [0, 0.1) is 0 Å². The molecule has 27 heavy (non-hydrogen) atoms. The first kappa shape index (κ1) is 20.9. The van der Waals surface area contributed by atoms with E-state index in [1.807, 2.05) is 12.1 Å². The third kappa shape index (κ3) is 5.80. The largest absolute Gasteiger partial charge is 0.383 e. The van der Waals surface area contributed by atoms with Gasteiger partial charge in [-0.2, -0.15) is 0 Å². The van der Waals surface area contributed by atoms with Gasteiger partial charge in [-0.1, -0.05) is 39.0 Å². The lowest BCUT2D eigenvalue weighted by Crippen LogP contribution is -2.27. The van der Waals surface area contributed by atoms with Gasteiger partial charge in [0.1, 0.15) is 0 Å². The zero-order chi connectivity index (χ0) is 20.1. The van der Waals surface area contributed by atoms with Gasteiger partial charge in [0.05, 0.1) is 11.5 Å². The molecule has 0 aromatic heterocycles. The normalized spacial score (nSPS) is 11.9. The number of benzene rings is 2. The van der Waals surface area contributed by atoms with Crippen molar-refractivity contribution >= 4 is 21.6 Å². The lowest BCUT2D eigenvalue weighted by Gasteiger charge is -2.19. The van der Waals surface area contributed by atoms with E-state index in [0.29, 0.717) is 18.8 Å². The van der Waals surface area contributed by atoms with Crippen molar-refractivity contribution < 1.29 is 17.9 Å². The SMILES string of the molecule is COCCNC(=O)c1cccc(S(=O)(=O)Nc2ccc(C(C)(C)C)cc2)c1. The number of anilines is 1. The number of hydrogen-bond acceptors (Lipinski definition) is 4. The second-order valence-electron chi connectivity index (χ2n) is 7.21. The van der Waals surface area contributed by atoms with Crippen molar-refractivity contribution in [3.05, 3.63) is 59.7 Å². The summed E-state index contributed by atoms with van der Waals surface area (Å²) in [4.78, 5) is 12.1. The van der Waals surface area contributed by atoms with Crippen LogP contribution in [0.2, 0.25) is 0 Å². The van der Waals surface area contributed by atoms with Crippen molar-refractivity contribution in [2.24, 2.45) is 0 Å². The van der Waals surface area contributed by atoms with Gasteiger partial charge in [-0.3, -0.25) is 9.52 Å². The highest BCUT2D eigenvalue weighted by atomic mass is 32.2. The van der Waals surface area contributed by atoms with Gasteiger partial charge in [0.15, 0.2) is 0 Å². The maximum Gasteiger partial charge on any atom is 0.261 e. The monoisotopic (exact) mass is 390 g/mol. The van der Waals surface area contributed by atoms with Crippen molar-refractivity contribution in [2.45, 2.75) is 31.1 Å². The van der Waals surface area contributed by atoms with Crippen molar-refractivity contribution in [1.29, 1.82) is 0 Å². The van der Waals surface area contributed by atoms with Crippen LogP contribution in [0.5, 0.6) is 0 Å². The first-order valence-corrected chi connectivity index (χ1v) is 10.1. The summed E-state index contributed by atoms with van der Waals surface area (Å²) in [5.41, 5.74) is 1.84. The van der Waals surface area contributed by atoms with Crippen LogP contribution in [0.4, 0.5) is 5.69 Å². The fourth-order valence-electron chi connectivity index (χ4n) is 2.43. The second kappa shape index (κ2) is 8.54. The fourth-order valence-corrected chi connectivity index (χ4v) is 3.53. The highest BCUT2D eigenvalue weighted by molar-refractivity contribution is 7.92. The molecule has 0 saturated heterocycles. The molecule has 0 bridgehead atoms. The summed E-state index contributed by atoms with van der Waals surface area (Å²) in [6, 6.07) is 13.2. The molecule has 2 aromatic carbocycles. The summed E-state index contributed by atoms with van der Waals surface area (Å²) in [6.45, 7) is 7.01. The van der Waals surface area contributed by atoms with Gasteiger partial charge in [-0.05, 0) is 41.3 Å². The number of carbonyl (C=O) groups is 1. The van der Waals surface area contributed by atoms with Crippen LogP contribution >= 0.6 is 0 Å². The molecular formula is C20H26N2O4S. The van der Waals surface area contributed by atoms with Crippen molar-refractivity contribution in [3.8, 4) is 0 Å². The average molecular weight is 391 g/mol. The minimum Gasteiger partial charge on any atom is -0.383 e. The highest BCUT2D eigenvalue weighted by Crippen LogP contribution is 2.24. The Kier molecular flexibility index (Phi) is 6.62. The number of sulfonamides is 1. The van der Waals surface area contributed by atoms with Crippen LogP contribution in [0.1, 0.15) is 36.7 Å². The summed E-state index contributed by atoms with van der Waals surface area (Å²) >= 11 is 0. The van der Waals surface area contributed by atoms with Crippen molar-refractivity contribution in [3.63, 3.8) is 0 Å². The molecule has 0 spiro atoms. The van der Waals surface area contributed by atoms with Crippen LogP contribution in [0.25, 0.3) is 0 Å². The van der Waals surface area contributed by atoms with Crippen molar-refractivity contribution in [2.75, 3.05) is 25.0 Å². The third-order valence-electron chi connectivity index (χ3n) is 4.00. The van der Waals surface area contributed by atoms with Gasteiger partial charge in [0.25, 0.3) is 15.9 Å². The number of carbonyl (C=O) groups excluding carboxylic acids is 1. The number of hydrogen-bond donors (Lipinski definition) is 2. The van der Waals surface area contributed by atoms with Crippen molar-refractivity contribution in [1.82, 2.24) is 5.32 Å². The van der Waals surface area contributed by atoms with Gasteiger partial charge in [-0.15, -0.1) is 0 Å². The lowest BCUT2D eigenvalue weighted by atomic mass is 9.87. The van der Waals surface area contributed by atoms with Gasteiger partial charge < -0.3 is 10.1 Å². The van der Waals surface area contributed by atoms with Gasteiger partial charge in [0.2, 0.25) is 0 Å². The summed E-state index contributed by atoms with van der Waals surface area (Å²) in [6.07, 6.45) is 0. The molecule has 2 rings (SSSR count). The van der Waals surface area contributed by atoms with Gasteiger partial charge >= 0.3 is 0 Å². The first-order chi connectivity index (χ1) is 12.6. The first-order valence-electron chi connectivity index (χ1n) is 8.64. The van der Waals surface area contributed by atoms with Crippen LogP contribution in [-0.4, -0.2) is 34.6 Å². The number of methoxy groups -OCH3 is 1. The summed E-state index contributed by atoms with van der Waals surface area (Å²) in [5, 5.41) is 2.67. The molecule has 6 nitrogen and oxygen atoms in total. The number of rotatable bonds is 7. The topological polar surface area (TPSA) is 84.5 Å². The minimum atomic E-state index is -3.80. The van der Waals surface area contributed by atoms with E-state index in [0.717, 1.165) is 5.56 Å². The Balaban J connectivity index is 2.17. The zero-order valence-electron chi connectivity index (χ0n) is 16.1. The highest BCUT2D eigenvalue weighted by Gasteiger charge is 2.18. The molecular weight excluding hydrogens is 364 g/mol. The Morgan fingerprint density at radius 1 is 1.07 bits per heavy atom. The molecule has 0 atom stereocenters. The quantitative estimate of drug-likeness (QED) is 0.711. The molecule has 0 aliphatic heterocycles. The molecule has 0 heterocycles. The van der Waals surface area contributed by atoms with Gasteiger partial charge in [-0.25, -0.2) is 8.42 Å². The molecule has 0 aliphatic rings. The van der Waals surface area contributed by atoms with Gasteiger partial charge in [0, 0.05) is 24.9 Å². The maximum absolute atomic E-state index is 12.7. The Bertz CT molecular complexity index is 885. The Labute approximate surface area is 161 Å². The number of amides is 1. The molecule has 0 aliphatic carbocycles. The number of ether oxygens (including phenoxy) is 1. The van der Waals surface area contributed by atoms with E-state index >= 15 is 0 Å². The smallest absolute Gasteiger partial charge is 0.261 e.